The third-order valence-corrected chi connectivity index (χ3v) is 4.00. The summed E-state index contributed by atoms with van der Waals surface area (Å²) in [6.07, 6.45) is 0.211. The zero-order valence-corrected chi connectivity index (χ0v) is 10.9. The molecular formula is C10H19NO4S. The van der Waals surface area contributed by atoms with E-state index in [1.54, 1.807) is 20.8 Å². The van der Waals surface area contributed by atoms with E-state index in [1.807, 2.05) is 0 Å². The third kappa shape index (κ3) is 3.94. The van der Waals surface area contributed by atoms with Gasteiger partial charge in [-0.3, -0.25) is 9.35 Å². The molecule has 0 aliphatic rings. The van der Waals surface area contributed by atoms with E-state index in [4.69, 9.17) is 4.55 Å². The number of nitrogens with one attached hydrogen (secondary N) is 1. The number of hydrogen-bond acceptors (Lipinski definition) is 3. The van der Waals surface area contributed by atoms with Gasteiger partial charge < -0.3 is 5.32 Å². The van der Waals surface area contributed by atoms with Gasteiger partial charge in [0.15, 0.2) is 0 Å². The lowest BCUT2D eigenvalue weighted by Crippen LogP contribution is -2.54. The topological polar surface area (TPSA) is 83.5 Å². The molecule has 0 aliphatic carbocycles. The van der Waals surface area contributed by atoms with Crippen LogP contribution >= 0.6 is 0 Å². The molecular weight excluding hydrogens is 230 g/mol. The summed E-state index contributed by atoms with van der Waals surface area (Å²) in [6, 6.07) is 0. The van der Waals surface area contributed by atoms with Crippen LogP contribution in [0.3, 0.4) is 0 Å². The quantitative estimate of drug-likeness (QED) is 0.565. The van der Waals surface area contributed by atoms with Gasteiger partial charge >= 0.3 is 0 Å². The maximum atomic E-state index is 11.4. The summed E-state index contributed by atoms with van der Waals surface area (Å²) in [4.78, 5) is 11.4. The van der Waals surface area contributed by atoms with Crippen molar-refractivity contribution in [2.24, 2.45) is 0 Å². The third-order valence-electron chi connectivity index (χ3n) is 2.36. The van der Waals surface area contributed by atoms with E-state index in [0.717, 1.165) is 0 Å². The molecule has 1 unspecified atom stereocenters. The number of amides is 1. The van der Waals surface area contributed by atoms with Crippen molar-refractivity contribution in [3.8, 4) is 0 Å². The van der Waals surface area contributed by atoms with Crippen LogP contribution in [0.4, 0.5) is 0 Å². The van der Waals surface area contributed by atoms with Crippen molar-refractivity contribution in [1.82, 2.24) is 5.32 Å². The van der Waals surface area contributed by atoms with E-state index >= 15 is 0 Å². The SMILES string of the molecule is C=C(C)C(=O)NC(C)(C)C(CC)S(=O)(=O)O. The highest BCUT2D eigenvalue weighted by atomic mass is 32.2. The summed E-state index contributed by atoms with van der Waals surface area (Å²) < 4.78 is 31.3. The maximum absolute atomic E-state index is 11.4. The van der Waals surface area contributed by atoms with Gasteiger partial charge in [0.1, 0.15) is 5.25 Å². The highest BCUT2D eigenvalue weighted by molar-refractivity contribution is 7.86. The van der Waals surface area contributed by atoms with Crippen molar-refractivity contribution in [3.63, 3.8) is 0 Å². The Morgan fingerprint density at radius 2 is 1.94 bits per heavy atom. The second-order valence-electron chi connectivity index (χ2n) is 4.37. The average molecular weight is 249 g/mol. The van der Waals surface area contributed by atoms with E-state index in [1.165, 1.54) is 6.92 Å². The molecule has 0 bridgehead atoms. The lowest BCUT2D eigenvalue weighted by Gasteiger charge is -2.32. The second kappa shape index (κ2) is 4.97. The summed E-state index contributed by atoms with van der Waals surface area (Å²) in [5, 5.41) is 1.50. The van der Waals surface area contributed by atoms with Gasteiger partial charge in [-0.2, -0.15) is 8.42 Å². The molecule has 0 saturated heterocycles. The number of rotatable bonds is 5. The van der Waals surface area contributed by atoms with Crippen LogP contribution in [0.15, 0.2) is 12.2 Å². The van der Waals surface area contributed by atoms with Crippen LogP contribution < -0.4 is 5.32 Å². The van der Waals surface area contributed by atoms with Gasteiger partial charge in [-0.15, -0.1) is 0 Å². The molecule has 0 saturated carbocycles. The molecule has 6 heteroatoms. The normalized spacial score (nSPS) is 14.3. The van der Waals surface area contributed by atoms with E-state index in [-0.39, 0.29) is 6.42 Å². The molecule has 0 spiro atoms. The fourth-order valence-corrected chi connectivity index (χ4v) is 2.80. The predicted octanol–water partition coefficient (Wildman–Crippen LogP) is 1.12. The van der Waals surface area contributed by atoms with E-state index < -0.39 is 26.8 Å². The molecule has 0 rings (SSSR count). The van der Waals surface area contributed by atoms with Gasteiger partial charge in [-0.05, 0) is 27.2 Å². The summed E-state index contributed by atoms with van der Waals surface area (Å²) in [7, 11) is -4.19. The Labute approximate surface area is 96.7 Å². The molecule has 0 fully saturated rings. The number of hydrogen-bond donors (Lipinski definition) is 2. The molecule has 5 nitrogen and oxygen atoms in total. The van der Waals surface area contributed by atoms with Gasteiger partial charge in [0.2, 0.25) is 5.91 Å². The van der Waals surface area contributed by atoms with Crippen LogP contribution in [0.1, 0.15) is 34.1 Å². The highest BCUT2D eigenvalue weighted by Crippen LogP contribution is 2.20. The Kier molecular flexibility index (Phi) is 4.69. The fraction of sp³-hybridized carbons (Fsp3) is 0.700. The van der Waals surface area contributed by atoms with Crippen LogP contribution in [0.5, 0.6) is 0 Å². The second-order valence-corrected chi connectivity index (χ2v) is 5.97. The van der Waals surface area contributed by atoms with Crippen LogP contribution in [-0.4, -0.2) is 29.7 Å². The first-order chi connectivity index (χ1) is 7.02. The minimum Gasteiger partial charge on any atom is -0.346 e. The van der Waals surface area contributed by atoms with Crippen molar-refractivity contribution in [3.05, 3.63) is 12.2 Å². The Balaban J connectivity index is 5.03. The molecule has 0 aliphatic heterocycles. The van der Waals surface area contributed by atoms with Crippen LogP contribution in [0, 0.1) is 0 Å². The van der Waals surface area contributed by atoms with Crippen LogP contribution in [0.25, 0.3) is 0 Å². The summed E-state index contributed by atoms with van der Waals surface area (Å²) in [5.41, 5.74) is -0.753. The zero-order valence-electron chi connectivity index (χ0n) is 10.1. The summed E-state index contributed by atoms with van der Waals surface area (Å²) >= 11 is 0. The van der Waals surface area contributed by atoms with Gasteiger partial charge in [-0.25, -0.2) is 0 Å². The lowest BCUT2D eigenvalue weighted by atomic mass is 9.97. The Bertz CT molecular complexity index is 384. The maximum Gasteiger partial charge on any atom is 0.270 e. The van der Waals surface area contributed by atoms with Crippen LogP contribution in [0.2, 0.25) is 0 Å². The smallest absolute Gasteiger partial charge is 0.270 e. The minimum absolute atomic E-state index is 0.211. The van der Waals surface area contributed by atoms with Gasteiger partial charge in [-0.1, -0.05) is 13.5 Å². The van der Waals surface area contributed by atoms with Crippen molar-refractivity contribution >= 4 is 16.0 Å². The molecule has 0 radical (unpaired) electrons. The molecule has 1 amide bonds. The first-order valence-electron chi connectivity index (χ1n) is 4.96. The molecule has 0 aromatic rings. The molecule has 0 heterocycles. The van der Waals surface area contributed by atoms with Crippen LogP contribution in [-0.2, 0) is 14.9 Å². The fourth-order valence-electron chi connectivity index (χ4n) is 1.57. The Morgan fingerprint density at radius 3 is 2.19 bits per heavy atom. The first kappa shape index (κ1) is 15.1. The van der Waals surface area contributed by atoms with Gasteiger partial charge in [0.25, 0.3) is 10.1 Å². The minimum atomic E-state index is -4.19. The average Bonchev–Trinajstić information content (AvgIpc) is 1.99. The van der Waals surface area contributed by atoms with Gasteiger partial charge in [0.05, 0.1) is 5.54 Å². The Hall–Kier alpha value is -0.880. The monoisotopic (exact) mass is 249 g/mol. The predicted molar refractivity (Wildman–Crippen MR) is 62.7 cm³/mol. The Morgan fingerprint density at radius 1 is 1.50 bits per heavy atom. The van der Waals surface area contributed by atoms with Crippen molar-refractivity contribution in [2.45, 2.75) is 44.9 Å². The molecule has 94 valence electrons. The molecule has 2 N–H and O–H groups in total. The largest absolute Gasteiger partial charge is 0.346 e. The first-order valence-corrected chi connectivity index (χ1v) is 6.47. The number of carbonyl (C=O) groups excluding carboxylic acids is 1. The van der Waals surface area contributed by atoms with Crippen molar-refractivity contribution in [2.75, 3.05) is 0 Å². The zero-order chi connectivity index (χ0) is 13.1. The van der Waals surface area contributed by atoms with Crippen molar-refractivity contribution in [1.29, 1.82) is 0 Å². The molecule has 16 heavy (non-hydrogen) atoms. The van der Waals surface area contributed by atoms with E-state index in [2.05, 4.69) is 11.9 Å². The summed E-state index contributed by atoms with van der Waals surface area (Å²) in [6.45, 7) is 9.72. The highest BCUT2D eigenvalue weighted by Gasteiger charge is 2.38. The lowest BCUT2D eigenvalue weighted by molar-refractivity contribution is -0.118. The van der Waals surface area contributed by atoms with Crippen molar-refractivity contribution < 1.29 is 17.8 Å². The molecule has 0 aromatic carbocycles. The molecule has 1 atom stereocenters. The standard InChI is InChI=1S/C10H19NO4S/c1-6-8(16(13,14)15)10(4,5)11-9(12)7(2)3/h8H,2,6H2,1,3-5H3,(H,11,12)(H,13,14,15). The van der Waals surface area contributed by atoms with Gasteiger partial charge in [0, 0.05) is 5.57 Å². The summed E-state index contributed by atoms with van der Waals surface area (Å²) in [5.74, 6) is -0.424. The van der Waals surface area contributed by atoms with E-state index in [0.29, 0.717) is 5.57 Å². The molecule has 0 aromatic heterocycles. The van der Waals surface area contributed by atoms with E-state index in [9.17, 15) is 13.2 Å². The number of carbonyl (C=O) groups is 1.